The van der Waals surface area contributed by atoms with Gasteiger partial charge in [-0.2, -0.15) is 0 Å². The van der Waals surface area contributed by atoms with Crippen LogP contribution in [-0.4, -0.2) is 19.9 Å². The van der Waals surface area contributed by atoms with Gasteiger partial charge in [0, 0.05) is 24.2 Å². The van der Waals surface area contributed by atoms with Crippen molar-refractivity contribution < 1.29 is 0 Å². The number of hydrogen-bond donors (Lipinski definition) is 0. The lowest BCUT2D eigenvalue weighted by Gasteiger charge is -2.34. The summed E-state index contributed by atoms with van der Waals surface area (Å²) < 4.78 is 0. The van der Waals surface area contributed by atoms with E-state index in [1.54, 1.807) is 0 Å². The minimum atomic E-state index is -0.521. The molecular formula is C45H30N4. The van der Waals surface area contributed by atoms with E-state index < -0.39 is 5.41 Å². The van der Waals surface area contributed by atoms with Crippen molar-refractivity contribution in [3.8, 4) is 56.3 Å². The maximum Gasteiger partial charge on any atom is 0.0900 e. The van der Waals surface area contributed by atoms with Crippen LogP contribution in [0.2, 0.25) is 0 Å². The first-order chi connectivity index (χ1) is 24.3. The molecule has 0 fully saturated rings. The van der Waals surface area contributed by atoms with Crippen LogP contribution in [-0.2, 0) is 5.41 Å². The van der Waals surface area contributed by atoms with E-state index >= 15 is 0 Å². The van der Waals surface area contributed by atoms with Gasteiger partial charge in [-0.1, -0.05) is 103 Å². The number of nitrogens with zero attached hydrogens (tertiary/aromatic N) is 4. The minimum absolute atomic E-state index is 0.521. The average Bonchev–Trinajstić information content (AvgIpc) is 3.49. The highest BCUT2D eigenvalue weighted by Crippen LogP contribution is 2.58. The summed E-state index contributed by atoms with van der Waals surface area (Å²) in [6.07, 6.45) is 5.49. The molecule has 4 aromatic heterocycles. The predicted molar refractivity (Wildman–Crippen MR) is 197 cm³/mol. The van der Waals surface area contributed by atoms with Crippen LogP contribution in [0.1, 0.15) is 22.3 Å². The van der Waals surface area contributed by atoms with Crippen LogP contribution in [0.3, 0.4) is 0 Å². The highest BCUT2D eigenvalue weighted by atomic mass is 14.8. The lowest BCUT2D eigenvalue weighted by molar-refractivity contribution is 0.769. The predicted octanol–water partition coefficient (Wildman–Crippen LogP) is 10.3. The minimum Gasteiger partial charge on any atom is -0.256 e. The summed E-state index contributed by atoms with van der Waals surface area (Å²) >= 11 is 0. The van der Waals surface area contributed by atoms with Gasteiger partial charge in [0.15, 0.2) is 0 Å². The quantitative estimate of drug-likeness (QED) is 0.184. The van der Waals surface area contributed by atoms with E-state index in [1.807, 2.05) is 61.1 Å². The summed E-state index contributed by atoms with van der Waals surface area (Å²) in [6.45, 7) is 0. The molecule has 4 heterocycles. The Morgan fingerprint density at radius 2 is 0.837 bits per heavy atom. The Hall–Kier alpha value is -6.52. The van der Waals surface area contributed by atoms with Crippen molar-refractivity contribution in [1.29, 1.82) is 0 Å². The first-order valence-electron chi connectivity index (χ1n) is 16.5. The van der Waals surface area contributed by atoms with Gasteiger partial charge in [0.1, 0.15) is 0 Å². The zero-order chi connectivity index (χ0) is 32.6. The third-order valence-corrected chi connectivity index (χ3v) is 9.53. The molecule has 0 aliphatic heterocycles. The van der Waals surface area contributed by atoms with E-state index in [2.05, 4.69) is 131 Å². The Morgan fingerprint density at radius 3 is 1.39 bits per heavy atom. The fourth-order valence-corrected chi connectivity index (χ4v) is 7.44. The van der Waals surface area contributed by atoms with E-state index in [0.29, 0.717) is 0 Å². The number of pyridine rings is 4. The van der Waals surface area contributed by atoms with Crippen LogP contribution in [0.15, 0.2) is 182 Å². The van der Waals surface area contributed by atoms with Gasteiger partial charge in [-0.05, 0) is 105 Å². The van der Waals surface area contributed by atoms with Crippen molar-refractivity contribution in [3.63, 3.8) is 0 Å². The van der Waals surface area contributed by atoms with Gasteiger partial charge in [-0.25, -0.2) is 4.98 Å². The fourth-order valence-electron chi connectivity index (χ4n) is 7.44. The van der Waals surface area contributed by atoms with Crippen LogP contribution < -0.4 is 0 Å². The molecule has 49 heavy (non-hydrogen) atoms. The molecule has 4 nitrogen and oxygen atoms in total. The molecule has 0 saturated heterocycles. The zero-order valence-corrected chi connectivity index (χ0v) is 26.6. The zero-order valence-electron chi connectivity index (χ0n) is 26.6. The molecule has 0 N–H and O–H groups in total. The second-order valence-corrected chi connectivity index (χ2v) is 12.2. The maximum absolute atomic E-state index is 5.07. The number of benzene rings is 4. The molecule has 230 valence electrons. The molecule has 0 unspecified atom stereocenters. The Balaban J connectivity index is 1.39. The Morgan fingerprint density at radius 1 is 0.327 bits per heavy atom. The highest BCUT2D eigenvalue weighted by molar-refractivity contribution is 5.95. The third kappa shape index (κ3) is 4.77. The van der Waals surface area contributed by atoms with E-state index in [-0.39, 0.29) is 0 Å². The van der Waals surface area contributed by atoms with E-state index in [9.17, 15) is 0 Å². The fraction of sp³-hybridized carbons (Fsp3) is 0.0222. The first kappa shape index (κ1) is 28.7. The topological polar surface area (TPSA) is 51.6 Å². The summed E-state index contributed by atoms with van der Waals surface area (Å²) in [7, 11) is 0. The highest BCUT2D eigenvalue weighted by Gasteiger charge is 2.46. The molecule has 0 radical (unpaired) electrons. The molecule has 4 heteroatoms. The van der Waals surface area contributed by atoms with Gasteiger partial charge in [0.2, 0.25) is 0 Å². The van der Waals surface area contributed by atoms with Crippen molar-refractivity contribution in [2.24, 2.45) is 0 Å². The summed E-state index contributed by atoms with van der Waals surface area (Å²) in [6, 6.07) is 57.7. The van der Waals surface area contributed by atoms with Crippen molar-refractivity contribution in [2.45, 2.75) is 5.41 Å². The SMILES string of the molecule is c1ccc(C2(c3ccccc3)c3ccccc3-c3cc(-c4cc(-c5ccccn5)nc(-c5ccccn5)c4)c(-c4ccccn4)cc32)cc1. The van der Waals surface area contributed by atoms with Gasteiger partial charge < -0.3 is 0 Å². The van der Waals surface area contributed by atoms with Gasteiger partial charge in [0.25, 0.3) is 0 Å². The molecule has 0 atom stereocenters. The molecule has 1 aliphatic rings. The molecule has 1 aliphatic carbocycles. The summed E-state index contributed by atoms with van der Waals surface area (Å²) in [5.41, 5.74) is 14.1. The Kier molecular flexibility index (Phi) is 6.98. The second kappa shape index (κ2) is 11.9. The van der Waals surface area contributed by atoms with Crippen molar-refractivity contribution in [1.82, 2.24) is 19.9 Å². The van der Waals surface area contributed by atoms with Gasteiger partial charge in [-0.3, -0.25) is 15.0 Å². The second-order valence-electron chi connectivity index (χ2n) is 12.2. The molecule has 4 aromatic carbocycles. The van der Waals surface area contributed by atoms with E-state index in [1.165, 1.54) is 33.4 Å². The lowest BCUT2D eigenvalue weighted by Crippen LogP contribution is -2.28. The molecule has 0 saturated carbocycles. The van der Waals surface area contributed by atoms with Crippen LogP contribution in [0, 0.1) is 0 Å². The molecule has 0 bridgehead atoms. The summed E-state index contributed by atoms with van der Waals surface area (Å²) in [4.78, 5) is 19.4. The summed E-state index contributed by atoms with van der Waals surface area (Å²) in [5, 5.41) is 0. The molecular weight excluding hydrogens is 597 g/mol. The third-order valence-electron chi connectivity index (χ3n) is 9.53. The van der Waals surface area contributed by atoms with Crippen molar-refractivity contribution >= 4 is 0 Å². The van der Waals surface area contributed by atoms with Crippen LogP contribution in [0.25, 0.3) is 56.3 Å². The lowest BCUT2D eigenvalue weighted by atomic mass is 9.67. The molecule has 9 rings (SSSR count). The van der Waals surface area contributed by atoms with Crippen LogP contribution in [0.4, 0.5) is 0 Å². The number of aromatic nitrogens is 4. The number of rotatable bonds is 6. The van der Waals surface area contributed by atoms with Crippen molar-refractivity contribution in [2.75, 3.05) is 0 Å². The van der Waals surface area contributed by atoms with Crippen molar-refractivity contribution in [3.05, 3.63) is 205 Å². The van der Waals surface area contributed by atoms with Gasteiger partial charge in [-0.15, -0.1) is 0 Å². The largest absolute Gasteiger partial charge is 0.256 e. The number of fused-ring (bicyclic) bond motifs is 3. The first-order valence-corrected chi connectivity index (χ1v) is 16.5. The smallest absolute Gasteiger partial charge is 0.0900 e. The monoisotopic (exact) mass is 626 g/mol. The Bertz CT molecular complexity index is 2310. The van der Waals surface area contributed by atoms with Gasteiger partial charge in [0.05, 0.1) is 33.9 Å². The standard InChI is InChI=1S/C45H30N4/c1-3-15-32(16-4-1)45(33-17-5-2-6-18-33)38-20-8-7-19-34(38)36-29-35(37(30-39(36)45)40-21-9-12-24-46-40)31-27-43(41-22-10-13-25-47-41)49-44(28-31)42-23-11-14-26-48-42/h1-30H. The van der Waals surface area contributed by atoms with E-state index in [4.69, 9.17) is 9.97 Å². The van der Waals surface area contributed by atoms with Crippen LogP contribution >= 0.6 is 0 Å². The maximum atomic E-state index is 5.07. The average molecular weight is 627 g/mol. The molecule has 8 aromatic rings. The molecule has 0 amide bonds. The van der Waals surface area contributed by atoms with E-state index in [0.717, 1.165) is 45.2 Å². The molecule has 0 spiro atoms. The number of hydrogen-bond acceptors (Lipinski definition) is 4. The van der Waals surface area contributed by atoms with Crippen LogP contribution in [0.5, 0.6) is 0 Å². The van der Waals surface area contributed by atoms with Gasteiger partial charge >= 0.3 is 0 Å². The summed E-state index contributed by atoms with van der Waals surface area (Å²) in [5.74, 6) is 0. The Labute approximate surface area is 285 Å². The normalized spacial score (nSPS) is 12.7.